The van der Waals surface area contributed by atoms with Gasteiger partial charge in [0.1, 0.15) is 0 Å². The molecule has 3 rings (SSSR count). The molecule has 2 aromatic rings. The fourth-order valence-corrected chi connectivity index (χ4v) is 3.46. The molecule has 1 atom stereocenters. The number of rotatable bonds is 2. The Morgan fingerprint density at radius 2 is 2.35 bits per heavy atom. The number of halogens is 1. The molecule has 1 saturated heterocycles. The van der Waals surface area contributed by atoms with Crippen molar-refractivity contribution in [2.24, 2.45) is 5.92 Å². The zero-order valence-electron chi connectivity index (χ0n) is 11.1. The Morgan fingerprint density at radius 3 is 3.15 bits per heavy atom. The highest BCUT2D eigenvalue weighted by Gasteiger charge is 2.26. The monoisotopic (exact) mass is 336 g/mol. The van der Waals surface area contributed by atoms with Gasteiger partial charge in [0, 0.05) is 41.3 Å². The highest BCUT2D eigenvalue weighted by atomic mass is 79.9. The quantitative estimate of drug-likeness (QED) is 0.885. The molecule has 1 aliphatic rings. The Labute approximate surface area is 125 Å². The van der Waals surface area contributed by atoms with E-state index < -0.39 is 0 Å². The first kappa shape index (κ1) is 13.6. The molecule has 0 aliphatic carbocycles. The van der Waals surface area contributed by atoms with E-state index in [0.717, 1.165) is 34.8 Å². The fraction of sp³-hybridized carbons (Fsp3) is 0.400. The van der Waals surface area contributed by atoms with Crippen LogP contribution in [0.5, 0.6) is 0 Å². The van der Waals surface area contributed by atoms with Crippen LogP contribution >= 0.6 is 15.9 Å². The van der Waals surface area contributed by atoms with Crippen LogP contribution in [0.15, 0.2) is 28.9 Å². The van der Waals surface area contributed by atoms with Gasteiger partial charge in [-0.2, -0.15) is 0 Å². The van der Waals surface area contributed by atoms with E-state index in [1.165, 1.54) is 0 Å². The second kappa shape index (κ2) is 5.58. The third-order valence-corrected chi connectivity index (χ3v) is 4.61. The van der Waals surface area contributed by atoms with Crippen molar-refractivity contribution in [3.05, 3.63) is 34.4 Å². The molecule has 2 N–H and O–H groups in total. The highest BCUT2D eigenvalue weighted by molar-refractivity contribution is 9.10. The maximum Gasteiger partial charge on any atom is 0.256 e. The van der Waals surface area contributed by atoms with Gasteiger partial charge in [-0.15, -0.1) is 0 Å². The molecule has 5 heteroatoms. The number of benzene rings is 1. The number of likely N-dealkylation sites (tertiary alicyclic amines) is 1. The summed E-state index contributed by atoms with van der Waals surface area (Å²) in [5.41, 5.74) is 1.66. The molecule has 0 bridgehead atoms. The van der Waals surface area contributed by atoms with E-state index in [-0.39, 0.29) is 18.4 Å². The standard InChI is InChI=1S/C15H17BrN2O2/c16-12-4-1-5-13-14(12)11(7-17-13)15(20)18-6-2-3-10(8-18)9-19/h1,4-5,7,10,17,19H,2-3,6,8-9H2. The molecule has 0 radical (unpaired) electrons. The fourth-order valence-electron chi connectivity index (χ4n) is 2.88. The van der Waals surface area contributed by atoms with Crippen LogP contribution in [-0.4, -0.2) is 40.6 Å². The van der Waals surface area contributed by atoms with Crippen LogP contribution in [0, 0.1) is 5.92 Å². The largest absolute Gasteiger partial charge is 0.396 e. The van der Waals surface area contributed by atoms with E-state index in [1.54, 1.807) is 6.20 Å². The summed E-state index contributed by atoms with van der Waals surface area (Å²) in [6, 6.07) is 5.85. The number of amides is 1. The number of fused-ring (bicyclic) bond motifs is 1. The highest BCUT2D eigenvalue weighted by Crippen LogP contribution is 2.28. The molecule has 1 fully saturated rings. The van der Waals surface area contributed by atoms with Gasteiger partial charge in [0.15, 0.2) is 0 Å². The van der Waals surface area contributed by atoms with Crippen molar-refractivity contribution in [2.75, 3.05) is 19.7 Å². The molecule has 20 heavy (non-hydrogen) atoms. The number of carbonyl (C=O) groups excluding carboxylic acids is 1. The number of carbonyl (C=O) groups is 1. The first-order valence-corrected chi connectivity index (χ1v) is 7.65. The van der Waals surface area contributed by atoms with Gasteiger partial charge < -0.3 is 15.0 Å². The number of aromatic nitrogens is 1. The Hall–Kier alpha value is -1.33. The average Bonchev–Trinajstić information content (AvgIpc) is 2.92. The number of hydrogen-bond donors (Lipinski definition) is 2. The molecule has 2 heterocycles. The minimum atomic E-state index is 0.0429. The lowest BCUT2D eigenvalue weighted by atomic mass is 9.98. The molecule has 0 spiro atoms. The third kappa shape index (κ3) is 2.36. The summed E-state index contributed by atoms with van der Waals surface area (Å²) in [7, 11) is 0. The van der Waals surface area contributed by atoms with Crippen LogP contribution in [0.3, 0.4) is 0 Å². The van der Waals surface area contributed by atoms with Crippen molar-refractivity contribution >= 4 is 32.7 Å². The van der Waals surface area contributed by atoms with Crippen molar-refractivity contribution in [3.8, 4) is 0 Å². The minimum Gasteiger partial charge on any atom is -0.396 e. The summed E-state index contributed by atoms with van der Waals surface area (Å²) >= 11 is 3.51. The zero-order valence-corrected chi connectivity index (χ0v) is 12.7. The van der Waals surface area contributed by atoms with Gasteiger partial charge in [-0.3, -0.25) is 4.79 Å². The van der Waals surface area contributed by atoms with Gasteiger partial charge in [-0.1, -0.05) is 22.0 Å². The summed E-state index contributed by atoms with van der Waals surface area (Å²) in [4.78, 5) is 17.7. The Kier molecular flexibility index (Phi) is 3.81. The Balaban J connectivity index is 1.93. The van der Waals surface area contributed by atoms with Crippen LogP contribution in [0.4, 0.5) is 0 Å². The molecule has 1 unspecified atom stereocenters. The van der Waals surface area contributed by atoms with E-state index in [1.807, 2.05) is 23.1 Å². The van der Waals surface area contributed by atoms with Gasteiger partial charge in [-0.05, 0) is 30.9 Å². The lowest BCUT2D eigenvalue weighted by molar-refractivity contribution is 0.0622. The Morgan fingerprint density at radius 1 is 1.50 bits per heavy atom. The molecule has 1 aromatic carbocycles. The average molecular weight is 337 g/mol. The van der Waals surface area contributed by atoms with Crippen LogP contribution < -0.4 is 0 Å². The van der Waals surface area contributed by atoms with Crippen molar-refractivity contribution in [1.82, 2.24) is 9.88 Å². The number of hydrogen-bond acceptors (Lipinski definition) is 2. The normalized spacial score (nSPS) is 19.5. The van der Waals surface area contributed by atoms with E-state index in [2.05, 4.69) is 20.9 Å². The second-order valence-corrected chi connectivity index (χ2v) is 6.16. The van der Waals surface area contributed by atoms with E-state index in [4.69, 9.17) is 0 Å². The summed E-state index contributed by atoms with van der Waals surface area (Å²) in [6.45, 7) is 1.57. The molecule has 1 aromatic heterocycles. The van der Waals surface area contributed by atoms with Crippen molar-refractivity contribution in [2.45, 2.75) is 12.8 Å². The predicted molar refractivity (Wildman–Crippen MR) is 81.7 cm³/mol. The van der Waals surface area contributed by atoms with Crippen LogP contribution in [0.25, 0.3) is 10.9 Å². The molecule has 1 amide bonds. The second-order valence-electron chi connectivity index (χ2n) is 5.31. The molecule has 4 nitrogen and oxygen atoms in total. The van der Waals surface area contributed by atoms with Gasteiger partial charge in [0.05, 0.1) is 5.56 Å². The number of H-pyrrole nitrogens is 1. The molecule has 1 aliphatic heterocycles. The number of aliphatic hydroxyl groups is 1. The molecular formula is C15H17BrN2O2. The van der Waals surface area contributed by atoms with Crippen molar-refractivity contribution < 1.29 is 9.90 Å². The van der Waals surface area contributed by atoms with Crippen molar-refractivity contribution in [1.29, 1.82) is 0 Å². The molecular weight excluding hydrogens is 320 g/mol. The van der Waals surface area contributed by atoms with Crippen molar-refractivity contribution in [3.63, 3.8) is 0 Å². The lowest BCUT2D eigenvalue weighted by Gasteiger charge is -2.31. The number of nitrogens with zero attached hydrogens (tertiary/aromatic N) is 1. The first-order chi connectivity index (χ1) is 9.70. The predicted octanol–water partition coefficient (Wildman–Crippen LogP) is 2.77. The third-order valence-electron chi connectivity index (χ3n) is 3.95. The maximum atomic E-state index is 12.7. The van der Waals surface area contributed by atoms with Gasteiger partial charge in [-0.25, -0.2) is 0 Å². The van der Waals surface area contributed by atoms with E-state index in [0.29, 0.717) is 12.1 Å². The number of nitrogens with one attached hydrogen (secondary N) is 1. The number of aromatic amines is 1. The topological polar surface area (TPSA) is 56.3 Å². The summed E-state index contributed by atoms with van der Waals surface area (Å²) in [6.07, 6.45) is 3.73. The van der Waals surface area contributed by atoms with Gasteiger partial charge >= 0.3 is 0 Å². The summed E-state index contributed by atoms with van der Waals surface area (Å²) in [5, 5.41) is 10.2. The SMILES string of the molecule is O=C(c1c[nH]c2cccc(Br)c12)N1CCCC(CO)C1. The zero-order chi connectivity index (χ0) is 14.1. The maximum absolute atomic E-state index is 12.7. The summed E-state index contributed by atoms with van der Waals surface area (Å²) < 4.78 is 0.926. The van der Waals surface area contributed by atoms with E-state index >= 15 is 0 Å². The number of aliphatic hydroxyl groups excluding tert-OH is 1. The van der Waals surface area contributed by atoms with Crippen LogP contribution in [-0.2, 0) is 0 Å². The van der Waals surface area contributed by atoms with Crippen LogP contribution in [0.2, 0.25) is 0 Å². The molecule has 106 valence electrons. The number of piperidine rings is 1. The van der Waals surface area contributed by atoms with E-state index in [9.17, 15) is 9.90 Å². The van der Waals surface area contributed by atoms with Gasteiger partial charge in [0.2, 0.25) is 0 Å². The van der Waals surface area contributed by atoms with Crippen LogP contribution in [0.1, 0.15) is 23.2 Å². The smallest absolute Gasteiger partial charge is 0.256 e. The minimum absolute atomic E-state index is 0.0429. The lowest BCUT2D eigenvalue weighted by Crippen LogP contribution is -2.40. The van der Waals surface area contributed by atoms with Gasteiger partial charge in [0.25, 0.3) is 5.91 Å². The Bertz CT molecular complexity index is 638. The molecule has 0 saturated carbocycles. The summed E-state index contributed by atoms with van der Waals surface area (Å²) in [5.74, 6) is 0.252. The first-order valence-electron chi connectivity index (χ1n) is 6.86.